The Morgan fingerprint density at radius 3 is 3.05 bits per heavy atom. The summed E-state index contributed by atoms with van der Waals surface area (Å²) in [5.41, 5.74) is 3.51. The number of rotatable bonds is 5. The molecule has 0 saturated heterocycles. The molecule has 21 heavy (non-hydrogen) atoms. The summed E-state index contributed by atoms with van der Waals surface area (Å²) in [7, 11) is 1.64. The molecule has 0 bridgehead atoms. The maximum atomic E-state index is 5.73. The van der Waals surface area contributed by atoms with Crippen LogP contribution in [0.25, 0.3) is 0 Å². The average molecular weight is 349 g/mol. The predicted octanol–water partition coefficient (Wildman–Crippen LogP) is 3.08. The maximum Gasteiger partial charge on any atom is 0.217 e. The summed E-state index contributed by atoms with van der Waals surface area (Å²) in [6.07, 6.45) is 2.72. The molecule has 0 atom stereocenters. The maximum absolute atomic E-state index is 5.73. The zero-order valence-corrected chi connectivity index (χ0v) is 13.4. The lowest BCUT2D eigenvalue weighted by Gasteiger charge is -2.11. The zero-order valence-electron chi connectivity index (χ0n) is 11.9. The molecular formula is C16H17BrN2O2. The van der Waals surface area contributed by atoms with E-state index in [0.717, 1.165) is 35.4 Å². The highest BCUT2D eigenvalue weighted by molar-refractivity contribution is 9.10. The molecule has 1 aliphatic heterocycles. The largest absolute Gasteiger partial charge is 0.493 e. The Kier molecular flexibility index (Phi) is 4.41. The van der Waals surface area contributed by atoms with Crippen LogP contribution in [0, 0.1) is 0 Å². The molecule has 1 N–H and O–H groups in total. The highest BCUT2D eigenvalue weighted by Gasteiger charge is 2.17. The topological polar surface area (TPSA) is 43.4 Å². The lowest BCUT2D eigenvalue weighted by molar-refractivity contribution is 0.352. The van der Waals surface area contributed by atoms with Gasteiger partial charge in [0.15, 0.2) is 0 Å². The fourth-order valence-corrected chi connectivity index (χ4v) is 3.10. The summed E-state index contributed by atoms with van der Waals surface area (Å²) in [6.45, 7) is 2.23. The van der Waals surface area contributed by atoms with Crippen LogP contribution < -0.4 is 14.8 Å². The van der Waals surface area contributed by atoms with Crippen molar-refractivity contribution in [2.24, 2.45) is 0 Å². The van der Waals surface area contributed by atoms with Crippen LogP contribution >= 0.6 is 15.9 Å². The Labute approximate surface area is 132 Å². The van der Waals surface area contributed by atoms with E-state index in [1.807, 2.05) is 12.1 Å². The van der Waals surface area contributed by atoms with Crippen LogP contribution in [0.3, 0.4) is 0 Å². The van der Waals surface area contributed by atoms with Gasteiger partial charge in [-0.3, -0.25) is 0 Å². The van der Waals surface area contributed by atoms with Gasteiger partial charge in [0, 0.05) is 41.3 Å². The monoisotopic (exact) mass is 348 g/mol. The van der Waals surface area contributed by atoms with Gasteiger partial charge in [0.05, 0.1) is 13.7 Å². The van der Waals surface area contributed by atoms with Crippen molar-refractivity contribution in [1.29, 1.82) is 0 Å². The molecule has 5 heteroatoms. The molecule has 4 nitrogen and oxygen atoms in total. The van der Waals surface area contributed by atoms with Gasteiger partial charge in [0.1, 0.15) is 5.75 Å². The summed E-state index contributed by atoms with van der Waals surface area (Å²) >= 11 is 3.56. The second-order valence-electron chi connectivity index (χ2n) is 4.93. The van der Waals surface area contributed by atoms with Crippen LogP contribution in [0.1, 0.15) is 16.7 Å². The molecule has 110 valence electrons. The van der Waals surface area contributed by atoms with Crippen molar-refractivity contribution >= 4 is 15.9 Å². The Morgan fingerprint density at radius 2 is 2.19 bits per heavy atom. The van der Waals surface area contributed by atoms with Crippen molar-refractivity contribution in [2.45, 2.75) is 19.5 Å². The summed E-state index contributed by atoms with van der Waals surface area (Å²) in [6, 6.07) is 8.17. The summed E-state index contributed by atoms with van der Waals surface area (Å²) in [5, 5.41) is 3.43. The molecular weight excluding hydrogens is 332 g/mol. The fourth-order valence-electron chi connectivity index (χ4n) is 2.55. The first-order valence-electron chi connectivity index (χ1n) is 6.90. The van der Waals surface area contributed by atoms with Crippen molar-refractivity contribution in [3.63, 3.8) is 0 Å². The standard InChI is InChI=1S/C16H17BrN2O2/c1-20-16-12(3-2-5-19-16)9-18-10-13-8-14(17)7-11-4-6-21-15(11)13/h2-3,5,7-8,18H,4,6,9-10H2,1H3. The lowest BCUT2D eigenvalue weighted by atomic mass is 10.1. The third kappa shape index (κ3) is 3.19. The van der Waals surface area contributed by atoms with Gasteiger partial charge in [0.25, 0.3) is 0 Å². The number of pyridine rings is 1. The number of ether oxygens (including phenoxy) is 2. The van der Waals surface area contributed by atoms with Gasteiger partial charge in [-0.25, -0.2) is 4.98 Å². The van der Waals surface area contributed by atoms with Gasteiger partial charge >= 0.3 is 0 Å². The smallest absolute Gasteiger partial charge is 0.217 e. The molecule has 0 fully saturated rings. The van der Waals surface area contributed by atoms with Crippen molar-refractivity contribution in [2.75, 3.05) is 13.7 Å². The van der Waals surface area contributed by atoms with Gasteiger partial charge in [-0.15, -0.1) is 0 Å². The van der Waals surface area contributed by atoms with Gasteiger partial charge in [-0.1, -0.05) is 22.0 Å². The second-order valence-corrected chi connectivity index (χ2v) is 5.84. The van der Waals surface area contributed by atoms with Gasteiger partial charge in [-0.2, -0.15) is 0 Å². The second kappa shape index (κ2) is 6.45. The Morgan fingerprint density at radius 1 is 1.33 bits per heavy atom. The van der Waals surface area contributed by atoms with Crippen molar-refractivity contribution in [3.8, 4) is 11.6 Å². The number of nitrogens with one attached hydrogen (secondary N) is 1. The molecule has 1 aromatic carbocycles. The zero-order chi connectivity index (χ0) is 14.7. The molecule has 0 unspecified atom stereocenters. The number of methoxy groups -OCH3 is 1. The van der Waals surface area contributed by atoms with E-state index < -0.39 is 0 Å². The Bertz CT molecular complexity index is 646. The van der Waals surface area contributed by atoms with Crippen LogP contribution in [0.5, 0.6) is 11.6 Å². The molecule has 0 aliphatic carbocycles. The lowest BCUT2D eigenvalue weighted by Crippen LogP contribution is -2.14. The quantitative estimate of drug-likeness (QED) is 0.901. The summed E-state index contributed by atoms with van der Waals surface area (Å²) in [4.78, 5) is 4.20. The number of hydrogen-bond acceptors (Lipinski definition) is 4. The van der Waals surface area contributed by atoms with Gasteiger partial charge < -0.3 is 14.8 Å². The minimum atomic E-state index is 0.667. The van der Waals surface area contributed by atoms with Crippen molar-refractivity contribution in [1.82, 2.24) is 10.3 Å². The Balaban J connectivity index is 1.69. The third-order valence-electron chi connectivity index (χ3n) is 3.50. The molecule has 0 amide bonds. The number of benzene rings is 1. The van der Waals surface area contributed by atoms with Crippen LogP contribution in [0.2, 0.25) is 0 Å². The van der Waals surface area contributed by atoms with E-state index in [9.17, 15) is 0 Å². The van der Waals surface area contributed by atoms with Crippen molar-refractivity contribution in [3.05, 3.63) is 51.6 Å². The molecule has 2 heterocycles. The minimum absolute atomic E-state index is 0.667. The molecule has 0 radical (unpaired) electrons. The van der Waals surface area contributed by atoms with Crippen LogP contribution in [-0.2, 0) is 19.5 Å². The van der Waals surface area contributed by atoms with E-state index in [0.29, 0.717) is 12.4 Å². The van der Waals surface area contributed by atoms with Crippen molar-refractivity contribution < 1.29 is 9.47 Å². The SMILES string of the molecule is COc1ncccc1CNCc1cc(Br)cc2c1OCC2. The predicted molar refractivity (Wildman–Crippen MR) is 84.7 cm³/mol. The van der Waals surface area contributed by atoms with Crippen LogP contribution in [-0.4, -0.2) is 18.7 Å². The number of fused-ring (bicyclic) bond motifs is 1. The first-order chi connectivity index (χ1) is 10.3. The minimum Gasteiger partial charge on any atom is -0.493 e. The average Bonchev–Trinajstić information content (AvgIpc) is 2.96. The third-order valence-corrected chi connectivity index (χ3v) is 3.96. The highest BCUT2D eigenvalue weighted by Crippen LogP contribution is 2.32. The van der Waals surface area contributed by atoms with E-state index in [2.05, 4.69) is 38.4 Å². The van der Waals surface area contributed by atoms with Crippen LogP contribution in [0.4, 0.5) is 0 Å². The molecule has 0 spiro atoms. The van der Waals surface area contributed by atoms with E-state index >= 15 is 0 Å². The fraction of sp³-hybridized carbons (Fsp3) is 0.312. The molecule has 1 aliphatic rings. The van der Waals surface area contributed by atoms with Gasteiger partial charge in [-0.05, 0) is 23.8 Å². The number of halogens is 1. The number of aromatic nitrogens is 1. The number of nitrogens with zero attached hydrogens (tertiary/aromatic N) is 1. The summed E-state index contributed by atoms with van der Waals surface area (Å²) < 4.78 is 12.1. The van der Waals surface area contributed by atoms with E-state index in [1.165, 1.54) is 11.1 Å². The van der Waals surface area contributed by atoms with E-state index in [-0.39, 0.29) is 0 Å². The molecule has 0 saturated carbocycles. The van der Waals surface area contributed by atoms with E-state index in [1.54, 1.807) is 13.3 Å². The highest BCUT2D eigenvalue weighted by atomic mass is 79.9. The van der Waals surface area contributed by atoms with E-state index in [4.69, 9.17) is 9.47 Å². The number of hydrogen-bond donors (Lipinski definition) is 1. The summed E-state index contributed by atoms with van der Waals surface area (Å²) in [5.74, 6) is 1.70. The normalized spacial score (nSPS) is 12.9. The first kappa shape index (κ1) is 14.4. The van der Waals surface area contributed by atoms with Crippen LogP contribution in [0.15, 0.2) is 34.9 Å². The molecule has 2 aromatic rings. The first-order valence-corrected chi connectivity index (χ1v) is 7.70. The molecule has 1 aromatic heterocycles. The Hall–Kier alpha value is -1.59. The van der Waals surface area contributed by atoms with Gasteiger partial charge in [0.2, 0.25) is 5.88 Å². The molecule has 3 rings (SSSR count).